The predicted octanol–water partition coefficient (Wildman–Crippen LogP) is 2.01. The van der Waals surface area contributed by atoms with Gasteiger partial charge in [0.15, 0.2) is 12.0 Å². The molecule has 1 aliphatic rings. The highest BCUT2D eigenvalue weighted by molar-refractivity contribution is 6.32. The van der Waals surface area contributed by atoms with Gasteiger partial charge in [-0.25, -0.2) is 14.8 Å². The monoisotopic (exact) mass is 292 g/mol. The second kappa shape index (κ2) is 5.79. The second-order valence-corrected chi connectivity index (χ2v) is 4.04. The number of aromatic nitrogens is 2. The van der Waals surface area contributed by atoms with Gasteiger partial charge in [0.2, 0.25) is 5.28 Å². The zero-order chi connectivity index (χ0) is 13.1. The Labute approximate surface area is 113 Å². The van der Waals surface area contributed by atoms with Gasteiger partial charge < -0.3 is 14.2 Å². The fraction of sp³-hybridized carbons (Fsp3) is 0.500. The van der Waals surface area contributed by atoms with Crippen molar-refractivity contribution in [3.05, 3.63) is 21.7 Å². The molecule has 1 aliphatic heterocycles. The largest absolute Gasteiger partial charge is 0.461 e. The molecule has 1 fully saturated rings. The van der Waals surface area contributed by atoms with Gasteiger partial charge in [0, 0.05) is 0 Å². The van der Waals surface area contributed by atoms with Crippen molar-refractivity contribution in [2.45, 2.75) is 13.2 Å². The molecular weight excluding hydrogens is 283 g/mol. The number of hydrogen-bond donors (Lipinski definition) is 0. The van der Waals surface area contributed by atoms with Crippen molar-refractivity contribution in [2.75, 3.05) is 19.8 Å². The van der Waals surface area contributed by atoms with Crippen molar-refractivity contribution < 1.29 is 19.0 Å². The zero-order valence-electron chi connectivity index (χ0n) is 9.48. The van der Waals surface area contributed by atoms with Gasteiger partial charge in [-0.15, -0.1) is 0 Å². The second-order valence-electron chi connectivity index (χ2n) is 3.34. The molecule has 6 nitrogen and oxygen atoms in total. The first-order chi connectivity index (χ1) is 8.63. The Morgan fingerprint density at radius 1 is 1.39 bits per heavy atom. The molecule has 0 amide bonds. The van der Waals surface area contributed by atoms with Crippen molar-refractivity contribution in [3.63, 3.8) is 0 Å². The van der Waals surface area contributed by atoms with Crippen LogP contribution in [0.5, 0.6) is 0 Å². The molecule has 98 valence electrons. The summed E-state index contributed by atoms with van der Waals surface area (Å²) in [7, 11) is 0. The van der Waals surface area contributed by atoms with Crippen LogP contribution in [0, 0.1) is 0 Å². The molecule has 1 saturated heterocycles. The molecule has 18 heavy (non-hydrogen) atoms. The van der Waals surface area contributed by atoms with Gasteiger partial charge in [-0.1, -0.05) is 11.6 Å². The Morgan fingerprint density at radius 2 is 2.06 bits per heavy atom. The van der Waals surface area contributed by atoms with Gasteiger partial charge in [-0.05, 0) is 18.5 Å². The molecular formula is C10H10Cl2N2O4. The Balaban J connectivity index is 2.44. The number of esters is 1. The summed E-state index contributed by atoms with van der Waals surface area (Å²) in [6.07, 6.45) is -0.769. The number of carbonyl (C=O) groups is 1. The van der Waals surface area contributed by atoms with E-state index in [4.69, 9.17) is 37.4 Å². The first-order valence-electron chi connectivity index (χ1n) is 5.26. The Hall–Kier alpha value is -0.950. The number of ether oxygens (including phenoxy) is 3. The van der Waals surface area contributed by atoms with Gasteiger partial charge in [0.05, 0.1) is 25.4 Å². The molecule has 0 unspecified atom stereocenters. The van der Waals surface area contributed by atoms with Crippen LogP contribution in [0.4, 0.5) is 0 Å². The summed E-state index contributed by atoms with van der Waals surface area (Å²) >= 11 is 11.6. The SMILES string of the molecule is CCOC(=O)c1nc(Cl)nc(Cl)c1C1OCCO1. The van der Waals surface area contributed by atoms with E-state index in [1.54, 1.807) is 6.92 Å². The molecule has 8 heteroatoms. The van der Waals surface area contributed by atoms with Crippen LogP contribution in [0.1, 0.15) is 29.3 Å². The van der Waals surface area contributed by atoms with Crippen LogP contribution in [0.2, 0.25) is 10.4 Å². The van der Waals surface area contributed by atoms with E-state index in [1.807, 2.05) is 0 Å². The molecule has 2 heterocycles. The molecule has 0 bridgehead atoms. The van der Waals surface area contributed by atoms with Crippen LogP contribution in [0.25, 0.3) is 0 Å². The van der Waals surface area contributed by atoms with E-state index < -0.39 is 12.3 Å². The number of hydrogen-bond acceptors (Lipinski definition) is 6. The van der Waals surface area contributed by atoms with Crippen LogP contribution in [0.3, 0.4) is 0 Å². The fourth-order valence-corrected chi connectivity index (χ4v) is 1.98. The maximum atomic E-state index is 11.8. The van der Waals surface area contributed by atoms with Crippen molar-refractivity contribution in [3.8, 4) is 0 Å². The molecule has 1 aromatic rings. The molecule has 1 aromatic heterocycles. The summed E-state index contributed by atoms with van der Waals surface area (Å²) in [5.74, 6) is -0.641. The zero-order valence-corrected chi connectivity index (χ0v) is 11.0. The lowest BCUT2D eigenvalue weighted by Crippen LogP contribution is -2.15. The van der Waals surface area contributed by atoms with Gasteiger partial charge in [-0.2, -0.15) is 0 Å². The summed E-state index contributed by atoms with van der Waals surface area (Å²) in [5, 5.41) is -0.116. The van der Waals surface area contributed by atoms with E-state index in [-0.39, 0.29) is 28.3 Å². The number of halogens is 2. The highest BCUT2D eigenvalue weighted by atomic mass is 35.5. The van der Waals surface area contributed by atoms with E-state index >= 15 is 0 Å². The van der Waals surface area contributed by atoms with Crippen LogP contribution < -0.4 is 0 Å². The van der Waals surface area contributed by atoms with Gasteiger partial charge in [0.25, 0.3) is 0 Å². The van der Waals surface area contributed by atoms with Crippen molar-refractivity contribution in [1.82, 2.24) is 9.97 Å². The van der Waals surface area contributed by atoms with Crippen molar-refractivity contribution in [2.24, 2.45) is 0 Å². The number of carbonyl (C=O) groups excluding carboxylic acids is 1. The normalized spacial score (nSPS) is 15.9. The lowest BCUT2D eigenvalue weighted by atomic mass is 10.2. The van der Waals surface area contributed by atoms with Crippen molar-refractivity contribution >= 4 is 29.2 Å². The van der Waals surface area contributed by atoms with E-state index in [0.29, 0.717) is 13.2 Å². The van der Waals surface area contributed by atoms with Crippen molar-refractivity contribution in [1.29, 1.82) is 0 Å². The first kappa shape index (κ1) is 13.5. The predicted molar refractivity (Wildman–Crippen MR) is 62.7 cm³/mol. The first-order valence-corrected chi connectivity index (χ1v) is 6.02. The Kier molecular flexibility index (Phi) is 4.34. The molecule has 0 spiro atoms. The maximum Gasteiger partial charge on any atom is 0.357 e. The van der Waals surface area contributed by atoms with Gasteiger partial charge in [-0.3, -0.25) is 0 Å². The highest BCUT2D eigenvalue weighted by Crippen LogP contribution is 2.31. The molecule has 0 atom stereocenters. The molecule has 0 aliphatic carbocycles. The molecule has 2 rings (SSSR count). The molecule has 0 radical (unpaired) electrons. The van der Waals surface area contributed by atoms with E-state index in [1.165, 1.54) is 0 Å². The fourth-order valence-electron chi connectivity index (χ4n) is 1.51. The lowest BCUT2D eigenvalue weighted by molar-refractivity contribution is -0.0454. The molecule has 0 aromatic carbocycles. The standard InChI is InChI=1S/C10H10Cl2N2O4/c1-2-16-8(15)6-5(9-17-3-4-18-9)7(11)14-10(12)13-6/h9H,2-4H2,1H3. The smallest absolute Gasteiger partial charge is 0.357 e. The minimum Gasteiger partial charge on any atom is -0.461 e. The minimum absolute atomic E-state index is 0.0185. The van der Waals surface area contributed by atoms with Crippen LogP contribution in [-0.2, 0) is 14.2 Å². The molecule has 0 N–H and O–H groups in total. The van der Waals surface area contributed by atoms with Crippen LogP contribution in [-0.4, -0.2) is 35.8 Å². The number of rotatable bonds is 3. The third-order valence-corrected chi connectivity index (χ3v) is 2.66. The van der Waals surface area contributed by atoms with Crippen LogP contribution in [0.15, 0.2) is 0 Å². The average Bonchev–Trinajstić information content (AvgIpc) is 2.81. The van der Waals surface area contributed by atoms with Gasteiger partial charge in [0.1, 0.15) is 5.15 Å². The minimum atomic E-state index is -0.769. The van der Waals surface area contributed by atoms with E-state index in [2.05, 4.69) is 9.97 Å². The number of nitrogens with zero attached hydrogens (tertiary/aromatic N) is 2. The van der Waals surface area contributed by atoms with Gasteiger partial charge >= 0.3 is 5.97 Å². The quantitative estimate of drug-likeness (QED) is 0.482. The van der Waals surface area contributed by atoms with E-state index in [9.17, 15) is 4.79 Å². The summed E-state index contributed by atoms with van der Waals surface area (Å²) in [5.41, 5.74) is 0.214. The third kappa shape index (κ3) is 2.72. The Morgan fingerprint density at radius 3 is 2.67 bits per heavy atom. The average molecular weight is 293 g/mol. The van der Waals surface area contributed by atoms with E-state index in [0.717, 1.165) is 0 Å². The summed E-state index contributed by atoms with van der Waals surface area (Å²) in [6, 6.07) is 0. The topological polar surface area (TPSA) is 70.5 Å². The summed E-state index contributed by atoms with van der Waals surface area (Å²) in [4.78, 5) is 19.4. The van der Waals surface area contributed by atoms with Crippen LogP contribution >= 0.6 is 23.2 Å². The summed E-state index contributed by atoms with van der Waals surface area (Å²) in [6.45, 7) is 2.71. The molecule has 0 saturated carbocycles. The Bertz CT molecular complexity index is 463. The lowest BCUT2D eigenvalue weighted by Gasteiger charge is -2.14. The highest BCUT2D eigenvalue weighted by Gasteiger charge is 2.30. The third-order valence-electron chi connectivity index (χ3n) is 2.20. The summed E-state index contributed by atoms with van der Waals surface area (Å²) < 4.78 is 15.5. The maximum absolute atomic E-state index is 11.8.